The number of nitrogens with two attached hydrogens (primary N) is 1. The normalized spacial score (nSPS) is 21.7. The Morgan fingerprint density at radius 3 is 2.74 bits per heavy atom. The second kappa shape index (κ2) is 7.04. The van der Waals surface area contributed by atoms with Crippen molar-refractivity contribution in [2.45, 2.75) is 44.7 Å². The maximum atomic E-state index is 9.01. The highest BCUT2D eigenvalue weighted by molar-refractivity contribution is 5.24. The minimum atomic E-state index is 0.294. The van der Waals surface area contributed by atoms with Gasteiger partial charge in [0, 0.05) is 25.2 Å². The number of hydrogen-bond acceptors (Lipinski definition) is 3. The molecule has 1 aliphatic rings. The van der Waals surface area contributed by atoms with E-state index in [0.717, 1.165) is 19.4 Å². The summed E-state index contributed by atoms with van der Waals surface area (Å²) in [7, 11) is 0. The van der Waals surface area contributed by atoms with Crippen LogP contribution in [0.2, 0.25) is 0 Å². The number of hydrogen-bond donors (Lipinski definition) is 2. The molecule has 2 rings (SSSR count). The third-order valence-electron chi connectivity index (χ3n) is 4.20. The Morgan fingerprint density at radius 1 is 1.37 bits per heavy atom. The fourth-order valence-electron chi connectivity index (χ4n) is 3.16. The van der Waals surface area contributed by atoms with Crippen LogP contribution >= 0.6 is 0 Å². The van der Waals surface area contributed by atoms with E-state index < -0.39 is 0 Å². The summed E-state index contributed by atoms with van der Waals surface area (Å²) < 4.78 is 0. The van der Waals surface area contributed by atoms with Gasteiger partial charge in [0.05, 0.1) is 0 Å². The molecule has 106 valence electrons. The van der Waals surface area contributed by atoms with Crippen LogP contribution in [0.15, 0.2) is 24.3 Å². The van der Waals surface area contributed by atoms with Gasteiger partial charge in [-0.25, -0.2) is 0 Å². The minimum absolute atomic E-state index is 0.294. The van der Waals surface area contributed by atoms with Gasteiger partial charge < -0.3 is 10.8 Å². The van der Waals surface area contributed by atoms with Gasteiger partial charge in [-0.05, 0) is 44.7 Å². The van der Waals surface area contributed by atoms with Crippen molar-refractivity contribution in [2.24, 2.45) is 5.73 Å². The molecule has 0 spiro atoms. The Hall–Kier alpha value is -0.900. The average Bonchev–Trinajstić information content (AvgIpc) is 2.88. The van der Waals surface area contributed by atoms with Crippen LogP contribution in [0.4, 0.5) is 0 Å². The van der Waals surface area contributed by atoms with E-state index in [9.17, 15) is 0 Å². The van der Waals surface area contributed by atoms with Gasteiger partial charge in [-0.2, -0.15) is 0 Å². The molecule has 1 aromatic rings. The fourth-order valence-corrected chi connectivity index (χ4v) is 3.16. The highest BCUT2D eigenvalue weighted by Crippen LogP contribution is 2.31. The second-order valence-corrected chi connectivity index (χ2v) is 5.56. The largest absolute Gasteiger partial charge is 0.396 e. The molecule has 0 aromatic heterocycles. The summed E-state index contributed by atoms with van der Waals surface area (Å²) in [4.78, 5) is 2.54. The number of benzene rings is 1. The van der Waals surface area contributed by atoms with Crippen molar-refractivity contribution in [2.75, 3.05) is 19.7 Å². The predicted molar refractivity (Wildman–Crippen MR) is 79.0 cm³/mol. The fraction of sp³-hybridized carbons (Fsp3) is 0.625. The van der Waals surface area contributed by atoms with Gasteiger partial charge in [0.2, 0.25) is 0 Å². The third kappa shape index (κ3) is 3.56. The molecule has 0 saturated carbocycles. The number of rotatable bonds is 6. The Kier molecular flexibility index (Phi) is 5.37. The van der Waals surface area contributed by atoms with Crippen LogP contribution in [0.5, 0.6) is 0 Å². The van der Waals surface area contributed by atoms with Crippen molar-refractivity contribution < 1.29 is 5.11 Å². The van der Waals surface area contributed by atoms with Gasteiger partial charge in [0.25, 0.3) is 0 Å². The van der Waals surface area contributed by atoms with E-state index >= 15 is 0 Å². The monoisotopic (exact) mass is 262 g/mol. The first kappa shape index (κ1) is 14.5. The van der Waals surface area contributed by atoms with E-state index in [-0.39, 0.29) is 0 Å². The summed E-state index contributed by atoms with van der Waals surface area (Å²) in [6.07, 6.45) is 4.46. The number of aryl methyl sites for hydroxylation is 1. The van der Waals surface area contributed by atoms with Crippen molar-refractivity contribution in [3.63, 3.8) is 0 Å². The van der Waals surface area contributed by atoms with Crippen LogP contribution in [0.3, 0.4) is 0 Å². The quantitative estimate of drug-likeness (QED) is 0.826. The second-order valence-electron chi connectivity index (χ2n) is 5.56. The van der Waals surface area contributed by atoms with Crippen LogP contribution < -0.4 is 5.73 Å². The van der Waals surface area contributed by atoms with Crippen molar-refractivity contribution >= 4 is 0 Å². The molecule has 0 amide bonds. The molecule has 3 nitrogen and oxygen atoms in total. The van der Waals surface area contributed by atoms with Gasteiger partial charge in [0.1, 0.15) is 0 Å². The molecule has 0 aliphatic carbocycles. The van der Waals surface area contributed by atoms with Crippen molar-refractivity contribution in [1.82, 2.24) is 4.90 Å². The molecule has 19 heavy (non-hydrogen) atoms. The lowest BCUT2D eigenvalue weighted by Gasteiger charge is -2.32. The van der Waals surface area contributed by atoms with E-state index in [0.29, 0.717) is 25.2 Å². The molecule has 1 aliphatic heterocycles. The van der Waals surface area contributed by atoms with E-state index in [1.165, 1.54) is 24.0 Å². The van der Waals surface area contributed by atoms with E-state index in [4.69, 9.17) is 10.8 Å². The Balaban J connectivity index is 2.09. The van der Waals surface area contributed by atoms with Gasteiger partial charge in [-0.1, -0.05) is 29.8 Å². The van der Waals surface area contributed by atoms with Gasteiger partial charge in [-0.15, -0.1) is 0 Å². The molecule has 1 heterocycles. The smallest absolute Gasteiger partial charge is 0.0473 e. The molecule has 2 unspecified atom stereocenters. The zero-order valence-corrected chi connectivity index (χ0v) is 11.9. The molecular weight excluding hydrogens is 236 g/mol. The molecule has 3 heteroatoms. The van der Waals surface area contributed by atoms with Gasteiger partial charge in [-0.3, -0.25) is 4.90 Å². The third-order valence-corrected chi connectivity index (χ3v) is 4.20. The zero-order valence-electron chi connectivity index (χ0n) is 11.9. The first-order valence-corrected chi connectivity index (χ1v) is 7.39. The Labute approximate surface area is 116 Å². The summed E-state index contributed by atoms with van der Waals surface area (Å²) >= 11 is 0. The topological polar surface area (TPSA) is 49.5 Å². The highest BCUT2D eigenvalue weighted by atomic mass is 16.2. The number of aliphatic hydroxyl groups excluding tert-OH is 1. The Morgan fingerprint density at radius 2 is 2.11 bits per heavy atom. The standard InChI is InChI=1S/C16H26N2O/c1-13-6-8-14(9-7-13)16(12-17)18-10-2-4-15(18)5-3-11-19/h6-9,15-16,19H,2-5,10-12,17H2,1H3. The molecule has 1 aromatic carbocycles. The number of nitrogens with zero attached hydrogens (tertiary/aromatic N) is 1. The van der Waals surface area contributed by atoms with Gasteiger partial charge >= 0.3 is 0 Å². The molecule has 0 radical (unpaired) electrons. The van der Waals surface area contributed by atoms with E-state index in [2.05, 4.69) is 36.1 Å². The summed E-state index contributed by atoms with van der Waals surface area (Å²) in [5, 5.41) is 9.01. The summed E-state index contributed by atoms with van der Waals surface area (Å²) in [6.45, 7) is 4.20. The van der Waals surface area contributed by atoms with Crippen molar-refractivity contribution in [1.29, 1.82) is 0 Å². The first-order valence-electron chi connectivity index (χ1n) is 7.39. The van der Waals surface area contributed by atoms with Crippen molar-refractivity contribution in [3.8, 4) is 0 Å². The molecule has 0 bridgehead atoms. The summed E-state index contributed by atoms with van der Waals surface area (Å²) in [5.41, 5.74) is 8.64. The average molecular weight is 262 g/mol. The van der Waals surface area contributed by atoms with Crippen LogP contribution in [0.25, 0.3) is 0 Å². The van der Waals surface area contributed by atoms with Crippen LogP contribution in [0.1, 0.15) is 42.9 Å². The van der Waals surface area contributed by atoms with Gasteiger partial charge in [0.15, 0.2) is 0 Å². The van der Waals surface area contributed by atoms with Crippen LogP contribution in [-0.2, 0) is 0 Å². The maximum absolute atomic E-state index is 9.01. The highest BCUT2D eigenvalue weighted by Gasteiger charge is 2.30. The predicted octanol–water partition coefficient (Wildman–Crippen LogP) is 2.23. The van der Waals surface area contributed by atoms with Crippen LogP contribution in [0, 0.1) is 6.92 Å². The van der Waals surface area contributed by atoms with Crippen molar-refractivity contribution in [3.05, 3.63) is 35.4 Å². The van der Waals surface area contributed by atoms with E-state index in [1.807, 2.05) is 0 Å². The first-order chi connectivity index (χ1) is 9.26. The zero-order chi connectivity index (χ0) is 13.7. The number of likely N-dealkylation sites (tertiary alicyclic amines) is 1. The number of aliphatic hydroxyl groups is 1. The Bertz CT molecular complexity index is 377. The summed E-state index contributed by atoms with van der Waals surface area (Å²) in [6, 6.07) is 9.64. The molecular formula is C16H26N2O. The lowest BCUT2D eigenvalue weighted by Crippen LogP contribution is -2.37. The minimum Gasteiger partial charge on any atom is -0.396 e. The summed E-state index contributed by atoms with van der Waals surface area (Å²) in [5.74, 6) is 0. The lowest BCUT2D eigenvalue weighted by atomic mass is 10.0. The lowest BCUT2D eigenvalue weighted by molar-refractivity contribution is 0.165. The molecule has 2 atom stereocenters. The maximum Gasteiger partial charge on any atom is 0.0473 e. The SMILES string of the molecule is Cc1ccc(C(CN)N2CCCC2CCCO)cc1. The molecule has 1 saturated heterocycles. The molecule has 1 fully saturated rings. The van der Waals surface area contributed by atoms with E-state index in [1.54, 1.807) is 0 Å². The van der Waals surface area contributed by atoms with Crippen LogP contribution in [-0.4, -0.2) is 35.7 Å². The molecule has 3 N–H and O–H groups in total.